The molecule has 0 fully saturated rings. The molecular formula is C116H232MoN4OS9. The molecule has 782 valence electrons. The van der Waals surface area contributed by atoms with Gasteiger partial charge in [-0.1, -0.05) is 638 Å². The van der Waals surface area contributed by atoms with E-state index in [0.717, 1.165) is 52.4 Å². The number of rotatable bonds is 104. The van der Waals surface area contributed by atoms with Crippen LogP contribution in [0.3, 0.4) is 0 Å². The van der Waals surface area contributed by atoms with Crippen LogP contribution in [0.2, 0.25) is 0 Å². The monoisotopic (exact) mass is 2080 g/mol. The first-order valence-corrected chi connectivity index (χ1v) is 62.5. The number of nitrogens with zero attached hydrogens (tertiary/aromatic N) is 4. The molecule has 0 radical (unpaired) electrons. The zero-order chi connectivity index (χ0) is 96.2. The summed E-state index contributed by atoms with van der Waals surface area (Å²) in [7, 11) is 0. The molecule has 0 unspecified atom stereocenters. The van der Waals surface area contributed by atoms with Crippen molar-refractivity contribution in [2.45, 2.75) is 672 Å². The minimum absolute atomic E-state index is 0. The van der Waals surface area contributed by atoms with Gasteiger partial charge in [-0.05, 0) is 51.4 Å². The Morgan fingerprint density at radius 1 is 0.130 bits per heavy atom. The molecule has 0 spiro atoms. The zero-order valence-electron chi connectivity index (χ0n) is 89.8. The summed E-state index contributed by atoms with van der Waals surface area (Å²) in [5.41, 5.74) is 0. The van der Waals surface area contributed by atoms with Gasteiger partial charge in [0.25, 0.3) is 0 Å². The predicted molar refractivity (Wildman–Crippen MR) is 623 cm³/mol. The van der Waals surface area contributed by atoms with Crippen LogP contribution in [0.5, 0.6) is 0 Å². The molecule has 0 aliphatic carbocycles. The zero-order valence-corrected chi connectivity index (χ0v) is 99.2. The Hall–Kier alpha value is 1.15. The van der Waals surface area contributed by atoms with Crippen molar-refractivity contribution in [3.63, 3.8) is 0 Å². The van der Waals surface area contributed by atoms with Crippen LogP contribution < -0.4 is 0 Å². The van der Waals surface area contributed by atoms with Crippen molar-refractivity contribution in [1.82, 2.24) is 19.6 Å². The number of thiocarbonyl (C=S) groups is 4. The van der Waals surface area contributed by atoms with E-state index < -0.39 is 0 Å². The maximum Gasteiger partial charge on any atom is 4.00 e. The molecule has 15 heteroatoms. The summed E-state index contributed by atoms with van der Waals surface area (Å²) in [6, 6.07) is 0. The molecule has 0 aromatic rings. The second-order valence-electron chi connectivity index (χ2n) is 40.1. The van der Waals surface area contributed by atoms with Gasteiger partial charge >= 0.3 is 21.1 Å². The third-order valence-electron chi connectivity index (χ3n) is 27.3. The fourth-order valence-corrected chi connectivity index (χ4v) is 19.8. The molecule has 0 aliphatic rings. The average Bonchev–Trinajstić information content (AvgIpc) is 0.981. The average molecular weight is 2080 g/mol. The topological polar surface area (TPSA) is 30.0 Å². The summed E-state index contributed by atoms with van der Waals surface area (Å²) >= 11 is 45.5. The minimum Gasteiger partial charge on any atom is -0.411 e. The molecule has 5 nitrogen and oxygen atoms in total. The molecule has 0 aromatic carbocycles. The third kappa shape index (κ3) is 131. The van der Waals surface area contributed by atoms with Gasteiger partial charge in [0, 0.05) is 52.4 Å². The Balaban J connectivity index is -0.000000394. The summed E-state index contributed by atoms with van der Waals surface area (Å²) < 4.78 is 10.6. The molecule has 0 saturated carbocycles. The summed E-state index contributed by atoms with van der Waals surface area (Å²) in [6.45, 7) is 27.0. The van der Waals surface area contributed by atoms with Crippen molar-refractivity contribution >= 4 is 129 Å². The maximum atomic E-state index is 7.83. The molecule has 0 rings (SSSR count). The molecule has 0 saturated heterocycles. The van der Waals surface area contributed by atoms with Crippen molar-refractivity contribution in [3.05, 3.63) is 0 Å². The number of hydrogen-bond donors (Lipinski definition) is 0. The van der Waals surface area contributed by atoms with Gasteiger partial charge in [0.05, 0.1) is 0 Å². The number of unbranched alkanes of at least 4 members (excludes halogenated alkanes) is 88. The van der Waals surface area contributed by atoms with Gasteiger partial charge in [-0.2, -0.15) is 4.21 Å². The number of hydrogen-bond acceptors (Lipinski definition) is 10. The van der Waals surface area contributed by atoms with Crippen LogP contribution in [0.15, 0.2) is 0 Å². The Morgan fingerprint density at radius 3 is 0.237 bits per heavy atom. The van der Waals surface area contributed by atoms with Crippen LogP contribution in [-0.4, -0.2) is 93.4 Å². The molecule has 0 N–H and O–H groups in total. The summed E-state index contributed by atoms with van der Waals surface area (Å²) in [5.74, 6) is 0. The first-order valence-electron chi connectivity index (χ1n) is 58.9. The van der Waals surface area contributed by atoms with E-state index in [1.54, 1.807) is 0 Å². The Morgan fingerprint density at radius 2 is 0.183 bits per heavy atom. The Bertz CT molecular complexity index is 1690. The van der Waals surface area contributed by atoms with Gasteiger partial charge in [-0.3, -0.25) is 0 Å². The van der Waals surface area contributed by atoms with Crippen LogP contribution in [0, 0.1) is 0 Å². The SMILES string of the molecule is CCCCCCCCCCCCCCN(CCCCCCCCCCCCCC)C(=S)[S-].CCCCCCCCCCCCCCN(CCCCCCCCCCCCCC)C(=S)[S-].CCCCCCCCCCCCCCN(CCCCCCCCCCCCCC)C(=S)[S-].CCCCCCCCCCCCCCN(CCCCCCCCCCCCCC)C(=S)[S-].O=S.[Mo+4]. The fourth-order valence-electron chi connectivity index (χ4n) is 18.3. The second kappa shape index (κ2) is 133. The van der Waals surface area contributed by atoms with Crippen molar-refractivity contribution in [1.29, 1.82) is 0 Å². The first-order chi connectivity index (χ1) is 63.9. The van der Waals surface area contributed by atoms with Crippen LogP contribution in [0.25, 0.3) is 0 Å². The van der Waals surface area contributed by atoms with E-state index in [1.807, 2.05) is 0 Å². The van der Waals surface area contributed by atoms with E-state index in [0.29, 0.717) is 17.3 Å². The predicted octanol–water partition coefficient (Wildman–Crippen LogP) is 41.8. The van der Waals surface area contributed by atoms with Gasteiger partial charge in [-0.25, -0.2) is 0 Å². The normalized spacial score (nSPS) is 11.0. The van der Waals surface area contributed by atoms with Crippen LogP contribution >= 0.6 is 48.9 Å². The van der Waals surface area contributed by atoms with E-state index in [2.05, 4.69) is 87.5 Å². The summed E-state index contributed by atoms with van der Waals surface area (Å²) in [4.78, 5) is 9.16. The largest absolute Gasteiger partial charge is 4.00 e. The molecule has 0 aromatic heterocycles. The molecule has 0 heterocycles. The smallest absolute Gasteiger partial charge is 0.411 e. The van der Waals surface area contributed by atoms with Gasteiger partial charge < -0.3 is 119 Å². The standard InChI is InChI=1S/4C29H59NS2.Mo.OS/c4*1-3-5-7-9-11-13-15-17-19-21-23-25-27-30(29(31)32)28-26-24-22-20-18-16-14-12-10-8-6-4-2;;1-2/h4*3-28H2,1-2H3,(H,31,32);;/q;;;;+4;/p-4. The van der Waals surface area contributed by atoms with Crippen molar-refractivity contribution in [2.75, 3.05) is 52.4 Å². The van der Waals surface area contributed by atoms with E-state index in [1.165, 1.54) is 616 Å². The quantitative estimate of drug-likeness (QED) is 0.0251. The molecule has 0 amide bonds. The molecule has 131 heavy (non-hydrogen) atoms. The van der Waals surface area contributed by atoms with Gasteiger partial charge in [0.1, 0.15) is 0 Å². The van der Waals surface area contributed by atoms with Crippen molar-refractivity contribution < 1.29 is 25.3 Å². The summed E-state index contributed by atoms with van der Waals surface area (Å²) in [5, 5.41) is 0. The molecule has 0 atom stereocenters. The minimum atomic E-state index is 0. The van der Waals surface area contributed by atoms with Crippen LogP contribution in [0.4, 0.5) is 0 Å². The van der Waals surface area contributed by atoms with Crippen molar-refractivity contribution in [3.8, 4) is 0 Å². The third-order valence-corrected chi connectivity index (χ3v) is 29.4. The van der Waals surface area contributed by atoms with E-state index >= 15 is 0 Å². The van der Waals surface area contributed by atoms with E-state index in [-0.39, 0.29) is 21.1 Å². The Labute approximate surface area is 890 Å². The van der Waals surface area contributed by atoms with E-state index in [4.69, 9.17) is 104 Å². The van der Waals surface area contributed by atoms with Gasteiger partial charge in [-0.15, -0.1) is 0 Å². The van der Waals surface area contributed by atoms with Crippen molar-refractivity contribution in [2.24, 2.45) is 0 Å². The molecule has 0 aliphatic heterocycles. The maximum absolute atomic E-state index is 7.83. The Kier molecular flexibility index (Phi) is 145. The fraction of sp³-hybridized carbons (Fsp3) is 0.966. The van der Waals surface area contributed by atoms with Gasteiger partial charge in [0.15, 0.2) is 12.5 Å². The molecular weight excluding hydrogens is 1850 g/mol. The van der Waals surface area contributed by atoms with E-state index in [9.17, 15) is 0 Å². The van der Waals surface area contributed by atoms with Crippen LogP contribution in [0.1, 0.15) is 672 Å². The van der Waals surface area contributed by atoms with Gasteiger partial charge in [0.2, 0.25) is 0 Å². The summed E-state index contributed by atoms with van der Waals surface area (Å²) in [6.07, 6.45) is 134. The molecule has 0 bridgehead atoms. The first kappa shape index (κ1) is 143. The van der Waals surface area contributed by atoms with Crippen LogP contribution in [-0.2, 0) is 84.1 Å². The second-order valence-corrected chi connectivity index (χ2v) is 44.3.